The molecule has 314 valence electrons. The fourth-order valence-electron chi connectivity index (χ4n) is 4.48. The summed E-state index contributed by atoms with van der Waals surface area (Å²) >= 11 is 0. The van der Waals surface area contributed by atoms with E-state index in [1.165, 1.54) is 0 Å². The maximum absolute atomic E-state index is 12.3. The molecule has 0 aromatic rings. The average molecular weight is 996 g/mol. The molecule has 0 spiro atoms. The molecule has 0 saturated heterocycles. The fourth-order valence-corrected chi connectivity index (χ4v) is 19.6. The molecule has 0 heterocycles. The predicted octanol–water partition coefficient (Wildman–Crippen LogP) is -7.91. The first kappa shape index (κ1) is 57.5. The van der Waals surface area contributed by atoms with E-state index in [4.69, 9.17) is 0 Å². The zero-order valence-electron chi connectivity index (χ0n) is 25.6. The van der Waals surface area contributed by atoms with Gasteiger partial charge in [-0.25, -0.2) is 0 Å². The van der Waals surface area contributed by atoms with Gasteiger partial charge in [-0.1, -0.05) is 0 Å². The minimum atomic E-state index is -6.63. The van der Waals surface area contributed by atoms with Gasteiger partial charge >= 0.3 is 106 Å². The van der Waals surface area contributed by atoms with Crippen molar-refractivity contribution in [1.82, 2.24) is 14.7 Å². The van der Waals surface area contributed by atoms with Crippen molar-refractivity contribution in [3.63, 3.8) is 0 Å². The molecule has 53 heavy (non-hydrogen) atoms. The first-order chi connectivity index (χ1) is 22.2. The van der Waals surface area contributed by atoms with Crippen LogP contribution in [0.25, 0.3) is 0 Å². The molecular weight excluding hydrogens is 963 g/mol. The Hall–Kier alpha value is 2.38. The summed E-state index contributed by atoms with van der Waals surface area (Å²) in [7, 11) is -66.1. The van der Waals surface area contributed by atoms with E-state index in [2.05, 4.69) is 0 Å². The molecular formula is C9H33N3NaO30P10+. The van der Waals surface area contributed by atoms with Crippen molar-refractivity contribution < 1.29 is 173 Å². The van der Waals surface area contributed by atoms with E-state index in [9.17, 15) is 144 Å². The van der Waals surface area contributed by atoms with Gasteiger partial charge in [-0.05, 0) is 0 Å². The van der Waals surface area contributed by atoms with Gasteiger partial charge < -0.3 is 97.9 Å². The molecule has 0 atom stereocenters. The van der Waals surface area contributed by atoms with E-state index in [-0.39, 0.29) is 29.6 Å². The normalized spacial score (nSPS) is 15.5. The van der Waals surface area contributed by atoms with Gasteiger partial charge in [0.05, 0.1) is 0 Å². The Bertz CT molecular complexity index is 1450. The Morgan fingerprint density at radius 3 is 0.509 bits per heavy atom. The molecule has 0 saturated carbocycles. The topological polar surface area (TPSA) is 585 Å². The maximum Gasteiger partial charge on any atom is 1.00 e. The van der Waals surface area contributed by atoms with E-state index in [0.717, 1.165) is 0 Å². The molecule has 33 nitrogen and oxygen atoms in total. The van der Waals surface area contributed by atoms with Crippen LogP contribution in [0.4, 0.5) is 0 Å². The third-order valence-electron chi connectivity index (χ3n) is 5.81. The first-order valence-electron chi connectivity index (χ1n) is 12.0. The molecule has 20 N–H and O–H groups in total. The van der Waals surface area contributed by atoms with Gasteiger partial charge in [0.15, 0.2) is 0 Å². The van der Waals surface area contributed by atoms with Crippen molar-refractivity contribution in [2.45, 2.75) is 27.6 Å². The molecule has 0 unspecified atom stereocenters. The molecule has 0 aliphatic heterocycles. The van der Waals surface area contributed by atoms with Gasteiger partial charge in [-0.3, -0.25) is 60.4 Å². The van der Waals surface area contributed by atoms with E-state index in [1.54, 1.807) is 0 Å². The number of hydrogen-bond donors (Lipinski definition) is 20. The van der Waals surface area contributed by atoms with Crippen LogP contribution in [-0.4, -0.2) is 166 Å². The summed E-state index contributed by atoms with van der Waals surface area (Å²) in [6.07, 6.45) is 0. The number of rotatable bonds is 21. The van der Waals surface area contributed by atoms with Gasteiger partial charge in [-0.15, -0.1) is 0 Å². The summed E-state index contributed by atoms with van der Waals surface area (Å²) in [4.78, 5) is 190. The second kappa shape index (κ2) is 19.0. The number of hydrogen-bond acceptors (Lipinski definition) is 13. The van der Waals surface area contributed by atoms with Crippen LogP contribution in [0, 0.1) is 0 Å². The van der Waals surface area contributed by atoms with Crippen molar-refractivity contribution in [3.05, 3.63) is 0 Å². The Morgan fingerprint density at radius 1 is 0.264 bits per heavy atom. The van der Waals surface area contributed by atoms with Crippen LogP contribution in [0.1, 0.15) is 0 Å². The minimum Gasteiger partial charge on any atom is -0.323 e. The number of nitrogens with zero attached hydrogens (tertiary/aromatic N) is 3. The van der Waals surface area contributed by atoms with Crippen LogP contribution < -0.4 is 29.6 Å². The van der Waals surface area contributed by atoms with Crippen LogP contribution in [0.5, 0.6) is 0 Å². The monoisotopic (exact) mass is 996 g/mol. The van der Waals surface area contributed by atoms with E-state index >= 15 is 0 Å². The van der Waals surface area contributed by atoms with Crippen molar-refractivity contribution in [2.75, 3.05) is 26.2 Å². The van der Waals surface area contributed by atoms with E-state index < -0.39 is 144 Å². The quantitative estimate of drug-likeness (QED) is 0.0375. The first-order valence-corrected chi connectivity index (χ1v) is 28.8. The van der Waals surface area contributed by atoms with Crippen LogP contribution >= 0.6 is 76.0 Å². The standard InChI is InChI=1S/C9H33N3O30P10.Na/c13-43(14,15)5(44(16,17)18)10(1-3-11(6(45(19,20)21)46(22,23)24)7(47(25,26)27)48(28,29)30)2-4-12(8(49(31,32)33)50(34,35)36)9(51(37,38)39)52(40,41)42;/h5-9H,1-4H2,(H2,13,14,15)(H2,16,17,18)(H2,19,20,21)(H2,22,23,24)(H2,25,26,27)(H2,28,29,30)(H2,31,32,33)(H2,34,35,36)(H2,37,38,39)(H2,40,41,42);/q;+1. The van der Waals surface area contributed by atoms with E-state index in [1.807, 2.05) is 0 Å². The summed E-state index contributed by atoms with van der Waals surface area (Å²) < 4.78 is 121. The summed E-state index contributed by atoms with van der Waals surface area (Å²) in [6, 6.07) is 0. The molecule has 0 aliphatic carbocycles. The van der Waals surface area contributed by atoms with Crippen LogP contribution in [0.3, 0.4) is 0 Å². The average Bonchev–Trinajstić information content (AvgIpc) is 2.70. The summed E-state index contributed by atoms with van der Waals surface area (Å²) in [5.41, 5.74) is -19.9. The van der Waals surface area contributed by atoms with Crippen molar-refractivity contribution in [2.24, 2.45) is 0 Å². The predicted molar refractivity (Wildman–Crippen MR) is 164 cm³/mol. The Kier molecular flexibility index (Phi) is 20.6. The third-order valence-corrected chi connectivity index (χ3v) is 23.9. The molecule has 0 radical (unpaired) electrons. The van der Waals surface area contributed by atoms with Gasteiger partial charge in [-0.2, -0.15) is 0 Å². The zero-order chi connectivity index (χ0) is 42.4. The van der Waals surface area contributed by atoms with Gasteiger partial charge in [0.25, 0.3) is 0 Å². The summed E-state index contributed by atoms with van der Waals surface area (Å²) in [5.74, 6) is 0. The molecule has 0 aromatic heterocycles. The van der Waals surface area contributed by atoms with Gasteiger partial charge in [0.1, 0.15) is 0 Å². The van der Waals surface area contributed by atoms with Crippen molar-refractivity contribution >= 4 is 76.0 Å². The molecule has 0 aromatic carbocycles. The second-order valence-corrected chi connectivity index (χ2v) is 28.8. The molecule has 0 bridgehead atoms. The second-order valence-electron chi connectivity index (χ2n) is 10.1. The Labute approximate surface area is 316 Å². The molecule has 0 aliphatic rings. The third kappa shape index (κ3) is 17.5. The SMILES string of the molecule is O=P(O)(O)C(N(CCN(C(P(=O)(O)O)P(=O)(O)O)C(P(=O)(O)O)P(=O)(O)O)CCN(C(P(=O)(O)O)P(=O)(O)O)C(P(=O)(O)O)P(=O)(O)O)P(=O)(O)O.[Na+]. The minimum absolute atomic E-state index is 0. The van der Waals surface area contributed by atoms with Crippen LogP contribution in [0.2, 0.25) is 0 Å². The fraction of sp³-hybridized carbons (Fsp3) is 1.00. The smallest absolute Gasteiger partial charge is 0.323 e. The van der Waals surface area contributed by atoms with Crippen LogP contribution in [0.15, 0.2) is 0 Å². The van der Waals surface area contributed by atoms with Gasteiger partial charge in [0, 0.05) is 26.2 Å². The molecule has 0 amide bonds. The summed E-state index contributed by atoms with van der Waals surface area (Å²) in [5, 5.41) is 0. The zero-order valence-corrected chi connectivity index (χ0v) is 36.5. The Morgan fingerprint density at radius 2 is 0.396 bits per heavy atom. The molecule has 0 fully saturated rings. The van der Waals surface area contributed by atoms with Gasteiger partial charge in [0.2, 0.25) is 27.6 Å². The molecule has 44 heteroatoms. The Balaban J connectivity index is 0. The largest absolute Gasteiger partial charge is 1.00 e. The van der Waals surface area contributed by atoms with Crippen molar-refractivity contribution in [1.29, 1.82) is 0 Å². The van der Waals surface area contributed by atoms with Crippen molar-refractivity contribution in [3.8, 4) is 0 Å². The van der Waals surface area contributed by atoms with Crippen LogP contribution in [-0.2, 0) is 45.7 Å². The summed E-state index contributed by atoms with van der Waals surface area (Å²) in [6.45, 7) is -8.57. The maximum atomic E-state index is 12.3. The molecule has 0 rings (SSSR count). The van der Waals surface area contributed by atoms with E-state index in [0.29, 0.717) is 0 Å².